The fraction of sp³-hybridized carbons (Fsp3) is 0.636. The zero-order valence-electron chi connectivity index (χ0n) is 10.0. The lowest BCUT2D eigenvalue weighted by Crippen LogP contribution is -2.38. The second-order valence-electron chi connectivity index (χ2n) is 4.38. The molecule has 0 unspecified atom stereocenters. The van der Waals surface area contributed by atoms with Crippen molar-refractivity contribution in [3.63, 3.8) is 0 Å². The van der Waals surface area contributed by atoms with E-state index in [9.17, 15) is 13.2 Å². The van der Waals surface area contributed by atoms with Crippen molar-refractivity contribution in [1.29, 1.82) is 0 Å². The van der Waals surface area contributed by atoms with Crippen molar-refractivity contribution in [1.82, 2.24) is 15.3 Å². The van der Waals surface area contributed by atoms with Crippen LogP contribution in [0.3, 0.4) is 0 Å². The van der Waals surface area contributed by atoms with E-state index in [4.69, 9.17) is 0 Å². The lowest BCUT2D eigenvalue weighted by atomic mass is 10.1. The van der Waals surface area contributed by atoms with Gasteiger partial charge in [0.05, 0.1) is 11.3 Å². The molecule has 2 N–H and O–H groups in total. The Balaban J connectivity index is 2.08. The topological polar surface area (TPSA) is 49.8 Å². The minimum absolute atomic E-state index is 0.0521. The number of piperidine rings is 1. The second-order valence-corrected chi connectivity index (χ2v) is 4.38. The van der Waals surface area contributed by atoms with E-state index in [0.29, 0.717) is 0 Å². The zero-order valence-corrected chi connectivity index (χ0v) is 10.0. The fourth-order valence-corrected chi connectivity index (χ4v) is 1.97. The predicted molar refractivity (Wildman–Crippen MR) is 61.3 cm³/mol. The molecule has 100 valence electrons. The molecule has 0 bridgehead atoms. The van der Waals surface area contributed by atoms with E-state index in [-0.39, 0.29) is 17.7 Å². The lowest BCUT2D eigenvalue weighted by molar-refractivity contribution is -0.138. The number of alkyl halides is 3. The van der Waals surface area contributed by atoms with E-state index >= 15 is 0 Å². The molecule has 0 saturated carbocycles. The molecule has 0 amide bonds. The molecular weight excluding hydrogens is 245 g/mol. The minimum atomic E-state index is -4.39. The third-order valence-electron chi connectivity index (χ3n) is 2.91. The molecule has 1 atom stereocenters. The first-order valence-electron chi connectivity index (χ1n) is 5.85. The molecule has 1 saturated heterocycles. The van der Waals surface area contributed by atoms with Crippen LogP contribution in [0.15, 0.2) is 6.20 Å². The van der Waals surface area contributed by atoms with E-state index in [1.165, 1.54) is 6.92 Å². The zero-order chi connectivity index (χ0) is 13.2. The molecule has 0 spiro atoms. The molecule has 7 heteroatoms. The largest absolute Gasteiger partial charge is 0.419 e. The van der Waals surface area contributed by atoms with Crippen LogP contribution in [-0.2, 0) is 6.18 Å². The van der Waals surface area contributed by atoms with Gasteiger partial charge >= 0.3 is 6.18 Å². The third-order valence-corrected chi connectivity index (χ3v) is 2.91. The average molecular weight is 260 g/mol. The van der Waals surface area contributed by atoms with E-state index in [1.807, 2.05) is 0 Å². The summed E-state index contributed by atoms with van der Waals surface area (Å²) in [6, 6.07) is 0.176. The molecule has 2 heterocycles. The number of hydrogen-bond donors (Lipinski definition) is 2. The molecule has 1 fully saturated rings. The number of nitrogens with one attached hydrogen (secondary N) is 2. The van der Waals surface area contributed by atoms with Gasteiger partial charge in [-0.25, -0.2) is 9.97 Å². The van der Waals surface area contributed by atoms with Gasteiger partial charge in [-0.3, -0.25) is 0 Å². The number of rotatable bonds is 2. The van der Waals surface area contributed by atoms with Crippen molar-refractivity contribution >= 4 is 5.95 Å². The van der Waals surface area contributed by atoms with Gasteiger partial charge in [0.25, 0.3) is 0 Å². The smallest absolute Gasteiger partial charge is 0.350 e. The highest BCUT2D eigenvalue weighted by Crippen LogP contribution is 2.30. The van der Waals surface area contributed by atoms with Crippen LogP contribution >= 0.6 is 0 Å². The highest BCUT2D eigenvalue weighted by Gasteiger charge is 2.33. The third kappa shape index (κ3) is 3.10. The first kappa shape index (κ1) is 13.1. The first-order valence-corrected chi connectivity index (χ1v) is 5.85. The monoisotopic (exact) mass is 260 g/mol. The molecule has 1 aromatic heterocycles. The van der Waals surface area contributed by atoms with Gasteiger partial charge in [-0.05, 0) is 26.3 Å². The van der Waals surface area contributed by atoms with Gasteiger partial charge in [0.2, 0.25) is 5.95 Å². The van der Waals surface area contributed by atoms with Crippen LogP contribution < -0.4 is 10.6 Å². The second kappa shape index (κ2) is 5.09. The quantitative estimate of drug-likeness (QED) is 0.853. The summed E-state index contributed by atoms with van der Waals surface area (Å²) >= 11 is 0. The van der Waals surface area contributed by atoms with Gasteiger partial charge in [-0.2, -0.15) is 13.2 Å². The number of anilines is 1. The highest BCUT2D eigenvalue weighted by molar-refractivity contribution is 5.31. The Kier molecular flexibility index (Phi) is 3.70. The molecule has 2 rings (SSSR count). The van der Waals surface area contributed by atoms with Crippen molar-refractivity contribution in [3.8, 4) is 0 Å². The van der Waals surface area contributed by atoms with Crippen LogP contribution in [0.5, 0.6) is 0 Å². The van der Waals surface area contributed by atoms with Gasteiger partial charge in [0.15, 0.2) is 0 Å². The summed E-state index contributed by atoms with van der Waals surface area (Å²) in [4.78, 5) is 7.59. The summed E-state index contributed by atoms with van der Waals surface area (Å²) in [6.07, 6.45) is -1.55. The number of aromatic nitrogens is 2. The molecule has 4 nitrogen and oxygen atoms in total. The Bertz CT molecular complexity index is 413. The van der Waals surface area contributed by atoms with Crippen LogP contribution in [0, 0.1) is 6.92 Å². The Morgan fingerprint density at radius 1 is 1.44 bits per heavy atom. The summed E-state index contributed by atoms with van der Waals surface area (Å²) in [5.74, 6) is 0.259. The molecule has 1 aliphatic rings. The summed E-state index contributed by atoms with van der Waals surface area (Å²) < 4.78 is 37.6. The SMILES string of the molecule is Cc1nc(N[C@H]2CCCNC2)ncc1C(F)(F)F. The van der Waals surface area contributed by atoms with E-state index < -0.39 is 11.7 Å². The van der Waals surface area contributed by atoms with Crippen LogP contribution in [-0.4, -0.2) is 29.1 Å². The summed E-state index contributed by atoms with van der Waals surface area (Å²) in [7, 11) is 0. The average Bonchev–Trinajstić information content (AvgIpc) is 2.28. The lowest BCUT2D eigenvalue weighted by Gasteiger charge is -2.24. The maximum Gasteiger partial charge on any atom is 0.419 e. The Labute approximate surface area is 103 Å². The Hall–Kier alpha value is -1.37. The molecule has 1 aromatic rings. The minimum Gasteiger partial charge on any atom is -0.350 e. The first-order chi connectivity index (χ1) is 8.47. The highest BCUT2D eigenvalue weighted by atomic mass is 19.4. The number of nitrogens with zero attached hydrogens (tertiary/aromatic N) is 2. The molecular formula is C11H15F3N4. The van der Waals surface area contributed by atoms with Gasteiger partial charge in [0.1, 0.15) is 0 Å². The van der Waals surface area contributed by atoms with Gasteiger partial charge in [-0.1, -0.05) is 0 Å². The summed E-state index contributed by atoms with van der Waals surface area (Å²) in [6.45, 7) is 3.10. The molecule has 0 aromatic carbocycles. The Morgan fingerprint density at radius 2 is 2.22 bits per heavy atom. The van der Waals surface area contributed by atoms with Crippen LogP contribution in [0.4, 0.5) is 19.1 Å². The van der Waals surface area contributed by atoms with Crippen molar-refractivity contribution in [2.24, 2.45) is 0 Å². The van der Waals surface area contributed by atoms with Crippen LogP contribution in [0.1, 0.15) is 24.1 Å². The number of aryl methyl sites for hydroxylation is 1. The maximum absolute atomic E-state index is 12.5. The molecule has 0 aliphatic carbocycles. The number of hydrogen-bond acceptors (Lipinski definition) is 4. The summed E-state index contributed by atoms with van der Waals surface area (Å²) in [5, 5.41) is 6.26. The van der Waals surface area contributed by atoms with E-state index in [2.05, 4.69) is 20.6 Å². The maximum atomic E-state index is 12.5. The standard InChI is InChI=1S/C11H15F3N4/c1-7-9(11(12,13)14)6-16-10(17-7)18-8-3-2-4-15-5-8/h6,8,15H,2-5H2,1H3,(H,16,17,18)/t8-/m0/s1. The molecule has 1 aliphatic heterocycles. The van der Waals surface area contributed by atoms with Crippen molar-refractivity contribution < 1.29 is 13.2 Å². The van der Waals surface area contributed by atoms with Crippen molar-refractivity contribution in [3.05, 3.63) is 17.5 Å². The van der Waals surface area contributed by atoms with Gasteiger partial charge in [-0.15, -0.1) is 0 Å². The van der Waals surface area contributed by atoms with Crippen LogP contribution in [0.2, 0.25) is 0 Å². The van der Waals surface area contributed by atoms with Gasteiger partial charge < -0.3 is 10.6 Å². The normalized spacial score (nSPS) is 20.8. The summed E-state index contributed by atoms with van der Waals surface area (Å²) in [5.41, 5.74) is -0.835. The number of halogens is 3. The van der Waals surface area contributed by atoms with E-state index in [1.54, 1.807) is 0 Å². The predicted octanol–water partition coefficient (Wildman–Crippen LogP) is 1.97. The molecule has 18 heavy (non-hydrogen) atoms. The Morgan fingerprint density at radius 3 is 2.78 bits per heavy atom. The van der Waals surface area contributed by atoms with Gasteiger partial charge in [0, 0.05) is 18.8 Å². The van der Waals surface area contributed by atoms with Crippen LogP contribution in [0.25, 0.3) is 0 Å². The van der Waals surface area contributed by atoms with E-state index in [0.717, 1.165) is 32.1 Å². The fourth-order valence-electron chi connectivity index (χ4n) is 1.97. The molecule has 0 radical (unpaired) electrons. The van der Waals surface area contributed by atoms with Crippen molar-refractivity contribution in [2.75, 3.05) is 18.4 Å². The van der Waals surface area contributed by atoms with Crippen molar-refractivity contribution in [2.45, 2.75) is 32.0 Å².